The van der Waals surface area contributed by atoms with E-state index < -0.39 is 5.97 Å². The fraction of sp³-hybridized carbons (Fsp3) is 0.368. The first kappa shape index (κ1) is 18.8. The Kier molecular flexibility index (Phi) is 6.05. The second-order valence-corrected chi connectivity index (χ2v) is 6.95. The standard InChI is InChI=1S/C19H22N2O3S/c1-5-23-18(22)17-16(21)15(9-20)19(25-17)24-10-14-8-13(11(2)3)7-6-12(14)4/h6-8,11H,5,10,21H2,1-4H3. The average molecular weight is 358 g/mol. The molecule has 0 amide bonds. The molecule has 0 atom stereocenters. The van der Waals surface area contributed by atoms with Crippen molar-refractivity contribution in [3.05, 3.63) is 45.3 Å². The van der Waals surface area contributed by atoms with Crippen LogP contribution >= 0.6 is 11.3 Å². The minimum Gasteiger partial charge on any atom is -0.478 e. The van der Waals surface area contributed by atoms with E-state index in [2.05, 4.69) is 32.0 Å². The van der Waals surface area contributed by atoms with Crippen LogP contribution in [-0.4, -0.2) is 12.6 Å². The van der Waals surface area contributed by atoms with Gasteiger partial charge in [-0.25, -0.2) is 4.79 Å². The number of nitrogens with zero attached hydrogens (tertiary/aromatic N) is 1. The van der Waals surface area contributed by atoms with Crippen LogP contribution in [0.2, 0.25) is 0 Å². The first-order valence-electron chi connectivity index (χ1n) is 8.10. The second-order valence-electron chi connectivity index (χ2n) is 5.97. The van der Waals surface area contributed by atoms with Gasteiger partial charge in [-0.2, -0.15) is 5.26 Å². The highest BCUT2D eigenvalue weighted by molar-refractivity contribution is 7.16. The summed E-state index contributed by atoms with van der Waals surface area (Å²) in [6.45, 7) is 8.55. The Labute approximate surface area is 152 Å². The third-order valence-electron chi connectivity index (χ3n) is 3.88. The molecular weight excluding hydrogens is 336 g/mol. The summed E-state index contributed by atoms with van der Waals surface area (Å²) in [5.74, 6) is -0.115. The van der Waals surface area contributed by atoms with Gasteiger partial charge in [-0.05, 0) is 36.5 Å². The maximum Gasteiger partial charge on any atom is 0.350 e. The lowest BCUT2D eigenvalue weighted by atomic mass is 9.98. The highest BCUT2D eigenvalue weighted by Gasteiger charge is 2.23. The van der Waals surface area contributed by atoms with E-state index in [0.717, 1.165) is 22.5 Å². The summed E-state index contributed by atoms with van der Waals surface area (Å²) in [7, 11) is 0. The summed E-state index contributed by atoms with van der Waals surface area (Å²) < 4.78 is 10.8. The van der Waals surface area contributed by atoms with Crippen molar-refractivity contribution in [2.75, 3.05) is 12.3 Å². The summed E-state index contributed by atoms with van der Waals surface area (Å²) in [6.07, 6.45) is 0. The minimum absolute atomic E-state index is 0.119. The average Bonchev–Trinajstić information content (AvgIpc) is 2.89. The number of hydrogen-bond acceptors (Lipinski definition) is 6. The van der Waals surface area contributed by atoms with E-state index in [1.165, 1.54) is 5.56 Å². The number of ether oxygens (including phenoxy) is 2. The number of hydrogen-bond donors (Lipinski definition) is 1. The second kappa shape index (κ2) is 8.04. The van der Waals surface area contributed by atoms with Gasteiger partial charge in [0.05, 0.1) is 12.3 Å². The predicted molar refractivity (Wildman–Crippen MR) is 99.0 cm³/mol. The van der Waals surface area contributed by atoms with E-state index in [-0.39, 0.29) is 22.7 Å². The number of nitrogen functional groups attached to an aromatic ring is 1. The van der Waals surface area contributed by atoms with E-state index in [1.807, 2.05) is 13.0 Å². The lowest BCUT2D eigenvalue weighted by molar-refractivity contribution is 0.0533. The molecule has 0 aliphatic carbocycles. The van der Waals surface area contributed by atoms with Crippen molar-refractivity contribution in [2.24, 2.45) is 0 Å². The maximum atomic E-state index is 11.9. The van der Waals surface area contributed by atoms with Crippen molar-refractivity contribution in [3.8, 4) is 11.1 Å². The van der Waals surface area contributed by atoms with Gasteiger partial charge < -0.3 is 15.2 Å². The zero-order chi connectivity index (χ0) is 18.6. The van der Waals surface area contributed by atoms with Crippen LogP contribution in [0.5, 0.6) is 5.06 Å². The van der Waals surface area contributed by atoms with Gasteiger partial charge in [0.25, 0.3) is 0 Å². The first-order valence-corrected chi connectivity index (χ1v) is 8.92. The molecule has 5 nitrogen and oxygen atoms in total. The summed E-state index contributed by atoms with van der Waals surface area (Å²) >= 11 is 1.05. The summed E-state index contributed by atoms with van der Waals surface area (Å²) in [5.41, 5.74) is 9.60. The molecule has 1 heterocycles. The fourth-order valence-corrected chi connectivity index (χ4v) is 3.24. The Balaban J connectivity index is 2.27. The normalized spacial score (nSPS) is 10.6. The van der Waals surface area contributed by atoms with Gasteiger partial charge >= 0.3 is 5.97 Å². The Morgan fingerprint density at radius 1 is 1.40 bits per heavy atom. The quantitative estimate of drug-likeness (QED) is 0.774. The highest BCUT2D eigenvalue weighted by Crippen LogP contribution is 2.38. The van der Waals surface area contributed by atoms with E-state index in [1.54, 1.807) is 6.92 Å². The van der Waals surface area contributed by atoms with Gasteiger partial charge in [-0.1, -0.05) is 43.4 Å². The number of benzene rings is 1. The van der Waals surface area contributed by atoms with Gasteiger partial charge in [-0.15, -0.1) is 0 Å². The molecule has 0 spiro atoms. The lowest BCUT2D eigenvalue weighted by Gasteiger charge is -2.12. The van der Waals surface area contributed by atoms with Crippen LogP contribution < -0.4 is 10.5 Å². The van der Waals surface area contributed by atoms with Crippen LogP contribution in [0.4, 0.5) is 5.69 Å². The highest BCUT2D eigenvalue weighted by atomic mass is 32.1. The lowest BCUT2D eigenvalue weighted by Crippen LogP contribution is -2.05. The molecule has 2 rings (SSSR count). The van der Waals surface area contributed by atoms with Crippen molar-refractivity contribution in [1.29, 1.82) is 5.26 Å². The monoisotopic (exact) mass is 358 g/mol. The largest absolute Gasteiger partial charge is 0.478 e. The Hall–Kier alpha value is -2.52. The van der Waals surface area contributed by atoms with E-state index >= 15 is 0 Å². The fourth-order valence-electron chi connectivity index (χ4n) is 2.33. The van der Waals surface area contributed by atoms with Crippen LogP contribution in [0.1, 0.15) is 58.6 Å². The zero-order valence-corrected chi connectivity index (χ0v) is 15.7. The van der Waals surface area contributed by atoms with Crippen LogP contribution in [0, 0.1) is 18.3 Å². The molecule has 6 heteroatoms. The molecule has 25 heavy (non-hydrogen) atoms. The van der Waals surface area contributed by atoms with Crippen LogP contribution in [0.3, 0.4) is 0 Å². The molecule has 0 aliphatic rings. The predicted octanol–water partition coefficient (Wildman–Crippen LogP) is 4.39. The number of anilines is 1. The molecule has 0 saturated carbocycles. The molecule has 2 N–H and O–H groups in total. The molecule has 132 valence electrons. The van der Waals surface area contributed by atoms with Crippen molar-refractivity contribution in [3.63, 3.8) is 0 Å². The van der Waals surface area contributed by atoms with Crippen LogP contribution in [0.15, 0.2) is 18.2 Å². The van der Waals surface area contributed by atoms with Gasteiger partial charge in [0.15, 0.2) is 5.06 Å². The van der Waals surface area contributed by atoms with Gasteiger partial charge in [-0.3, -0.25) is 0 Å². The van der Waals surface area contributed by atoms with Crippen molar-refractivity contribution < 1.29 is 14.3 Å². The number of thiophene rings is 1. The van der Waals surface area contributed by atoms with Crippen molar-refractivity contribution >= 4 is 23.0 Å². The molecule has 0 radical (unpaired) electrons. The number of carbonyl (C=O) groups excluding carboxylic acids is 1. The molecule has 2 aromatic rings. The summed E-state index contributed by atoms with van der Waals surface area (Å²) in [5, 5.41) is 9.68. The number of rotatable bonds is 6. The van der Waals surface area contributed by atoms with Crippen LogP contribution in [-0.2, 0) is 11.3 Å². The Morgan fingerprint density at radius 3 is 2.72 bits per heavy atom. The SMILES string of the molecule is CCOC(=O)c1sc(OCc2cc(C(C)C)ccc2C)c(C#N)c1N. The summed E-state index contributed by atoms with van der Waals surface area (Å²) in [6, 6.07) is 8.29. The minimum atomic E-state index is -0.533. The first-order chi connectivity index (χ1) is 11.9. The van der Waals surface area contributed by atoms with E-state index in [4.69, 9.17) is 15.2 Å². The molecular formula is C19H22N2O3S. The third kappa shape index (κ3) is 4.12. The van der Waals surface area contributed by atoms with Crippen molar-refractivity contribution in [1.82, 2.24) is 0 Å². The van der Waals surface area contributed by atoms with E-state index in [9.17, 15) is 10.1 Å². The van der Waals surface area contributed by atoms with Gasteiger partial charge in [0.2, 0.25) is 0 Å². The number of carbonyl (C=O) groups is 1. The molecule has 0 aliphatic heterocycles. The Bertz CT molecular complexity index is 819. The Morgan fingerprint density at radius 2 is 2.12 bits per heavy atom. The van der Waals surface area contributed by atoms with Crippen molar-refractivity contribution in [2.45, 2.75) is 40.2 Å². The number of nitriles is 1. The van der Waals surface area contributed by atoms with Gasteiger partial charge in [0.1, 0.15) is 23.1 Å². The number of aryl methyl sites for hydroxylation is 1. The smallest absolute Gasteiger partial charge is 0.350 e. The third-order valence-corrected chi connectivity index (χ3v) is 4.98. The maximum absolute atomic E-state index is 11.9. The van der Waals surface area contributed by atoms with E-state index in [0.29, 0.717) is 17.6 Å². The molecule has 0 unspecified atom stereocenters. The molecule has 1 aromatic carbocycles. The molecule has 0 bridgehead atoms. The van der Waals surface area contributed by atoms with Crippen LogP contribution in [0.25, 0.3) is 0 Å². The number of nitrogens with two attached hydrogens (primary N) is 1. The molecule has 1 aromatic heterocycles. The topological polar surface area (TPSA) is 85.3 Å². The molecule has 0 saturated heterocycles. The zero-order valence-electron chi connectivity index (χ0n) is 14.9. The molecule has 0 fully saturated rings. The number of esters is 1. The summed E-state index contributed by atoms with van der Waals surface area (Å²) in [4.78, 5) is 12.1. The van der Waals surface area contributed by atoms with Gasteiger partial charge in [0, 0.05) is 0 Å².